The van der Waals surface area contributed by atoms with Gasteiger partial charge in [0.2, 0.25) is 5.95 Å². The predicted octanol–water partition coefficient (Wildman–Crippen LogP) is 1.93. The first-order valence-corrected chi connectivity index (χ1v) is 12.3. The number of nitrogens with one attached hydrogen (secondary N) is 1. The van der Waals surface area contributed by atoms with Crippen LogP contribution in [0.25, 0.3) is 0 Å². The highest BCUT2D eigenvalue weighted by molar-refractivity contribution is 6.02. The first-order chi connectivity index (χ1) is 18.0. The average Bonchev–Trinajstić information content (AvgIpc) is 2.94. The molecule has 2 aliphatic heterocycles. The molecule has 3 heterocycles. The van der Waals surface area contributed by atoms with Crippen molar-refractivity contribution in [2.45, 2.75) is 13.5 Å². The number of amides is 1. The van der Waals surface area contributed by atoms with Gasteiger partial charge in [-0.1, -0.05) is 12.1 Å². The molecule has 0 bridgehead atoms. The van der Waals surface area contributed by atoms with Crippen LogP contribution in [0.15, 0.2) is 24.3 Å². The molecule has 2 saturated heterocycles. The number of rotatable bonds is 8. The van der Waals surface area contributed by atoms with Gasteiger partial charge in [-0.05, 0) is 24.6 Å². The monoisotopic (exact) mass is 512 g/mol. The summed E-state index contributed by atoms with van der Waals surface area (Å²) in [6.45, 7) is 7.60. The van der Waals surface area contributed by atoms with Crippen LogP contribution in [0.2, 0.25) is 0 Å². The normalized spacial score (nSPS) is 16.3. The second kappa shape index (κ2) is 12.5. The molecule has 2 aromatic rings. The van der Waals surface area contributed by atoms with Crippen molar-refractivity contribution in [2.24, 2.45) is 0 Å². The second-order valence-corrected chi connectivity index (χ2v) is 8.63. The summed E-state index contributed by atoms with van der Waals surface area (Å²) in [6, 6.07) is 7.77. The van der Waals surface area contributed by atoms with Gasteiger partial charge in [0.05, 0.1) is 26.9 Å². The molecule has 1 amide bonds. The van der Waals surface area contributed by atoms with Crippen LogP contribution >= 0.6 is 0 Å². The van der Waals surface area contributed by atoms with E-state index in [1.807, 2.05) is 29.2 Å². The van der Waals surface area contributed by atoms with Gasteiger partial charge in [-0.3, -0.25) is 9.69 Å². The molecule has 0 unspecified atom stereocenters. The van der Waals surface area contributed by atoms with E-state index in [4.69, 9.17) is 14.2 Å². The Kier molecular flexibility index (Phi) is 8.86. The molecule has 198 valence electrons. The van der Waals surface area contributed by atoms with Crippen molar-refractivity contribution in [1.29, 1.82) is 0 Å². The Morgan fingerprint density at radius 1 is 1.05 bits per heavy atom. The Labute approximate surface area is 215 Å². The van der Waals surface area contributed by atoms with Gasteiger partial charge in [0, 0.05) is 51.5 Å². The minimum absolute atomic E-state index is 0.00131. The largest absolute Gasteiger partial charge is 0.462 e. The first kappa shape index (κ1) is 26.3. The van der Waals surface area contributed by atoms with Crippen LogP contribution in [0.3, 0.4) is 0 Å². The van der Waals surface area contributed by atoms with Crippen LogP contribution < -0.4 is 10.2 Å². The topological polar surface area (TPSA) is 126 Å². The molecule has 0 saturated carbocycles. The van der Waals surface area contributed by atoms with Crippen molar-refractivity contribution in [2.75, 3.05) is 76.4 Å². The number of aldehydes is 1. The van der Waals surface area contributed by atoms with E-state index in [1.165, 1.54) is 7.11 Å². The maximum Gasteiger partial charge on any atom is 0.409 e. The van der Waals surface area contributed by atoms with Crippen LogP contribution in [0.5, 0.6) is 0 Å². The van der Waals surface area contributed by atoms with E-state index in [0.29, 0.717) is 57.3 Å². The third-order valence-electron chi connectivity index (χ3n) is 6.24. The third-order valence-corrected chi connectivity index (χ3v) is 6.24. The van der Waals surface area contributed by atoms with Crippen molar-refractivity contribution in [3.63, 3.8) is 0 Å². The molecule has 1 aromatic carbocycles. The number of nitrogens with zero attached hydrogens (tertiary/aromatic N) is 5. The Morgan fingerprint density at radius 3 is 2.38 bits per heavy atom. The molecular weight excluding hydrogens is 480 g/mol. The minimum atomic E-state index is -0.664. The van der Waals surface area contributed by atoms with Crippen LogP contribution in [0, 0.1) is 0 Å². The molecule has 2 fully saturated rings. The highest BCUT2D eigenvalue weighted by Crippen LogP contribution is 2.25. The van der Waals surface area contributed by atoms with E-state index in [0.717, 1.165) is 25.2 Å². The van der Waals surface area contributed by atoms with Crippen molar-refractivity contribution < 1.29 is 28.6 Å². The van der Waals surface area contributed by atoms with Gasteiger partial charge in [-0.2, -0.15) is 4.98 Å². The number of esters is 1. The fourth-order valence-corrected chi connectivity index (χ4v) is 4.26. The Hall–Kier alpha value is -3.77. The summed E-state index contributed by atoms with van der Waals surface area (Å²) < 4.78 is 15.4. The highest BCUT2D eigenvalue weighted by Gasteiger charge is 2.25. The third kappa shape index (κ3) is 6.52. The molecule has 12 nitrogen and oxygen atoms in total. The van der Waals surface area contributed by atoms with Crippen LogP contribution in [0.1, 0.15) is 33.3 Å². The van der Waals surface area contributed by atoms with Gasteiger partial charge in [-0.25, -0.2) is 14.6 Å². The molecule has 1 N–H and O–H groups in total. The number of ether oxygens (including phenoxy) is 3. The Balaban J connectivity index is 1.50. The summed E-state index contributed by atoms with van der Waals surface area (Å²) in [5.74, 6) is -0.101. The zero-order chi connectivity index (χ0) is 26.2. The lowest BCUT2D eigenvalue weighted by Crippen LogP contribution is -2.48. The van der Waals surface area contributed by atoms with Gasteiger partial charge < -0.3 is 29.3 Å². The van der Waals surface area contributed by atoms with Crippen molar-refractivity contribution in [3.8, 4) is 0 Å². The van der Waals surface area contributed by atoms with Crippen molar-refractivity contribution in [1.82, 2.24) is 19.8 Å². The number of aromatic nitrogens is 2. The number of anilines is 3. The fraction of sp³-hybridized carbons (Fsp3) is 0.480. The molecule has 0 radical (unpaired) electrons. The lowest BCUT2D eigenvalue weighted by Gasteiger charge is -2.33. The standard InChI is InChI=1S/C25H32N6O6/c1-3-37-23(33)21-20(17-32)27-24(30-12-14-36-15-13-30)28-22(21)26-19-6-4-18(5-7-19)16-29-8-10-31(11-9-29)25(34)35-2/h4-7,17H,3,8-16H2,1-2H3,(H,26,27,28). The van der Waals surface area contributed by atoms with E-state index >= 15 is 0 Å². The van der Waals surface area contributed by atoms with Gasteiger partial charge in [0.15, 0.2) is 12.1 Å². The SMILES string of the molecule is CCOC(=O)c1c(C=O)nc(N2CCOCC2)nc1Nc1ccc(CN2CCN(C(=O)OC)CC2)cc1. The van der Waals surface area contributed by atoms with Crippen LogP contribution in [-0.2, 0) is 20.8 Å². The average molecular weight is 513 g/mol. The summed E-state index contributed by atoms with van der Waals surface area (Å²) >= 11 is 0. The number of benzene rings is 1. The van der Waals surface area contributed by atoms with Crippen molar-refractivity contribution >= 4 is 35.8 Å². The second-order valence-electron chi connectivity index (χ2n) is 8.63. The molecule has 0 atom stereocenters. The van der Waals surface area contributed by atoms with Gasteiger partial charge in [-0.15, -0.1) is 0 Å². The number of hydrogen-bond acceptors (Lipinski definition) is 11. The van der Waals surface area contributed by atoms with E-state index in [1.54, 1.807) is 11.8 Å². The molecule has 2 aliphatic rings. The van der Waals surface area contributed by atoms with Crippen LogP contribution in [0.4, 0.5) is 22.2 Å². The van der Waals surface area contributed by atoms with Crippen molar-refractivity contribution in [3.05, 3.63) is 41.1 Å². The number of piperazine rings is 1. The number of morpholine rings is 1. The van der Waals surface area contributed by atoms with E-state index in [2.05, 4.69) is 20.2 Å². The lowest BCUT2D eigenvalue weighted by molar-refractivity contribution is 0.0524. The van der Waals surface area contributed by atoms with Gasteiger partial charge in [0.1, 0.15) is 11.3 Å². The van der Waals surface area contributed by atoms with Crippen LogP contribution in [-0.4, -0.2) is 104 Å². The maximum absolute atomic E-state index is 12.7. The predicted molar refractivity (Wildman–Crippen MR) is 135 cm³/mol. The summed E-state index contributed by atoms with van der Waals surface area (Å²) in [4.78, 5) is 51.1. The summed E-state index contributed by atoms with van der Waals surface area (Å²) in [5.41, 5.74) is 1.78. The molecule has 4 rings (SSSR count). The van der Waals surface area contributed by atoms with Gasteiger partial charge in [0.25, 0.3) is 0 Å². The number of carbonyl (C=O) groups excluding carboxylic acids is 3. The molecule has 0 aliphatic carbocycles. The lowest BCUT2D eigenvalue weighted by atomic mass is 10.1. The maximum atomic E-state index is 12.7. The molecule has 1 aromatic heterocycles. The summed E-state index contributed by atoms with van der Waals surface area (Å²) in [6.07, 6.45) is 0.253. The Morgan fingerprint density at radius 2 is 1.76 bits per heavy atom. The first-order valence-electron chi connectivity index (χ1n) is 12.3. The summed E-state index contributed by atoms with van der Waals surface area (Å²) in [5, 5.41) is 3.18. The number of carbonyl (C=O) groups is 3. The van der Waals surface area contributed by atoms with Gasteiger partial charge >= 0.3 is 12.1 Å². The van der Waals surface area contributed by atoms with E-state index in [-0.39, 0.29) is 29.8 Å². The highest BCUT2D eigenvalue weighted by atomic mass is 16.5. The molecule has 12 heteroatoms. The zero-order valence-corrected chi connectivity index (χ0v) is 21.1. The summed E-state index contributed by atoms with van der Waals surface area (Å²) in [7, 11) is 1.39. The minimum Gasteiger partial charge on any atom is -0.462 e. The zero-order valence-electron chi connectivity index (χ0n) is 21.1. The quantitative estimate of drug-likeness (QED) is 0.412. The number of hydrogen-bond donors (Lipinski definition) is 1. The molecular formula is C25H32N6O6. The van der Waals surface area contributed by atoms with E-state index in [9.17, 15) is 14.4 Å². The van der Waals surface area contributed by atoms with E-state index < -0.39 is 5.97 Å². The molecule has 37 heavy (non-hydrogen) atoms. The fourth-order valence-electron chi connectivity index (χ4n) is 4.26. The smallest absolute Gasteiger partial charge is 0.409 e. The Bertz CT molecular complexity index is 1100. The molecule has 0 spiro atoms. The number of methoxy groups -OCH3 is 1.